The molecule has 0 atom stereocenters. The molecular weight excluding hydrogens is 328 g/mol. The first kappa shape index (κ1) is 19.8. The monoisotopic (exact) mass is 356 g/mol. The molecule has 0 aliphatic rings. The van der Waals surface area contributed by atoms with E-state index in [1.165, 1.54) is 11.1 Å². The second-order valence-corrected chi connectivity index (χ2v) is 6.18. The summed E-state index contributed by atoms with van der Waals surface area (Å²) < 4.78 is 17.3. The summed E-state index contributed by atoms with van der Waals surface area (Å²) in [6.07, 6.45) is 1.21. The average Bonchev–Trinajstić information content (AvgIpc) is 2.63. The minimum atomic E-state index is -0.277. The van der Waals surface area contributed by atoms with Crippen molar-refractivity contribution in [3.8, 4) is 17.2 Å². The van der Waals surface area contributed by atoms with Crippen LogP contribution in [0.4, 0.5) is 0 Å². The molecule has 0 aliphatic heterocycles. The van der Waals surface area contributed by atoms with Crippen molar-refractivity contribution < 1.29 is 19.0 Å². The quantitative estimate of drug-likeness (QED) is 0.484. The topological polar surface area (TPSA) is 44.8 Å². The van der Waals surface area contributed by atoms with Gasteiger partial charge in [-0.2, -0.15) is 0 Å². The maximum absolute atomic E-state index is 11.8. The molecule has 0 radical (unpaired) electrons. The second-order valence-electron chi connectivity index (χ2n) is 6.18. The van der Waals surface area contributed by atoms with Gasteiger partial charge >= 0.3 is 5.97 Å². The van der Waals surface area contributed by atoms with Gasteiger partial charge in [0.05, 0.1) is 12.2 Å². The summed E-state index contributed by atoms with van der Waals surface area (Å²) in [5, 5.41) is 0. The fourth-order valence-electron chi connectivity index (χ4n) is 2.68. The number of carbonyl (C=O) groups excluding carboxylic acids is 1. The standard InChI is InChI=1S/C22H28O4/c1-6-17-12-15(4)16(5)13-21(17)25-14-18-19(24-8-3)10-9-11-20(18)26-22(23)7-2/h9-13H,6-8,14H2,1-5H3. The summed E-state index contributed by atoms with van der Waals surface area (Å²) in [7, 11) is 0. The van der Waals surface area contributed by atoms with E-state index in [-0.39, 0.29) is 12.6 Å². The van der Waals surface area contributed by atoms with E-state index < -0.39 is 0 Å². The Kier molecular flexibility index (Phi) is 7.07. The van der Waals surface area contributed by atoms with Crippen LogP contribution in [0.3, 0.4) is 0 Å². The predicted octanol–water partition coefficient (Wildman–Crippen LogP) is 5.16. The van der Waals surface area contributed by atoms with E-state index in [0.29, 0.717) is 24.5 Å². The highest BCUT2D eigenvalue weighted by Gasteiger charge is 2.15. The van der Waals surface area contributed by atoms with Crippen molar-refractivity contribution in [3.05, 3.63) is 52.6 Å². The number of benzene rings is 2. The number of hydrogen-bond acceptors (Lipinski definition) is 4. The Labute approximate surface area is 156 Å². The minimum absolute atomic E-state index is 0.276. The van der Waals surface area contributed by atoms with E-state index in [1.54, 1.807) is 13.0 Å². The van der Waals surface area contributed by atoms with Gasteiger partial charge in [0.25, 0.3) is 0 Å². The number of hydrogen-bond donors (Lipinski definition) is 0. The van der Waals surface area contributed by atoms with Crippen molar-refractivity contribution in [2.24, 2.45) is 0 Å². The van der Waals surface area contributed by atoms with Gasteiger partial charge in [-0.05, 0) is 62.1 Å². The first-order valence-electron chi connectivity index (χ1n) is 9.18. The summed E-state index contributed by atoms with van der Waals surface area (Å²) in [6.45, 7) is 10.8. The first-order chi connectivity index (χ1) is 12.5. The van der Waals surface area contributed by atoms with Crippen LogP contribution in [0.15, 0.2) is 30.3 Å². The van der Waals surface area contributed by atoms with Crippen molar-refractivity contribution in [2.75, 3.05) is 6.61 Å². The third-order valence-electron chi connectivity index (χ3n) is 4.33. The number of ether oxygens (including phenoxy) is 3. The van der Waals surface area contributed by atoms with Crippen LogP contribution in [-0.2, 0) is 17.8 Å². The third kappa shape index (κ3) is 4.78. The first-order valence-corrected chi connectivity index (χ1v) is 9.18. The summed E-state index contributed by atoms with van der Waals surface area (Å²) >= 11 is 0. The van der Waals surface area contributed by atoms with Gasteiger partial charge in [-0.3, -0.25) is 4.79 Å². The Morgan fingerprint density at radius 1 is 0.923 bits per heavy atom. The van der Waals surface area contributed by atoms with Crippen LogP contribution in [0.2, 0.25) is 0 Å². The van der Waals surface area contributed by atoms with Crippen molar-refractivity contribution >= 4 is 5.97 Å². The van der Waals surface area contributed by atoms with Gasteiger partial charge in [-0.25, -0.2) is 0 Å². The average molecular weight is 356 g/mol. The van der Waals surface area contributed by atoms with Gasteiger partial charge in [-0.1, -0.05) is 26.0 Å². The van der Waals surface area contributed by atoms with E-state index >= 15 is 0 Å². The van der Waals surface area contributed by atoms with Crippen LogP contribution < -0.4 is 14.2 Å². The summed E-state index contributed by atoms with van der Waals surface area (Å²) in [5.74, 6) is 1.75. The van der Waals surface area contributed by atoms with Crippen LogP contribution in [0.1, 0.15) is 49.4 Å². The molecule has 4 heteroatoms. The molecule has 0 fully saturated rings. The molecule has 0 bridgehead atoms. The Hall–Kier alpha value is -2.49. The number of carbonyl (C=O) groups is 1. The molecule has 2 aromatic carbocycles. The highest BCUT2D eigenvalue weighted by molar-refractivity contribution is 5.72. The highest BCUT2D eigenvalue weighted by atomic mass is 16.5. The number of esters is 1. The summed E-state index contributed by atoms with van der Waals surface area (Å²) in [4.78, 5) is 11.8. The lowest BCUT2D eigenvalue weighted by Gasteiger charge is -2.17. The van der Waals surface area contributed by atoms with Crippen molar-refractivity contribution in [2.45, 2.75) is 54.1 Å². The lowest BCUT2D eigenvalue weighted by molar-refractivity contribution is -0.134. The molecule has 4 nitrogen and oxygen atoms in total. The molecule has 0 saturated carbocycles. The zero-order chi connectivity index (χ0) is 19.1. The number of aryl methyl sites for hydroxylation is 3. The van der Waals surface area contributed by atoms with Crippen molar-refractivity contribution in [1.82, 2.24) is 0 Å². The van der Waals surface area contributed by atoms with Gasteiger partial charge < -0.3 is 14.2 Å². The van der Waals surface area contributed by atoms with E-state index in [2.05, 4.69) is 32.9 Å². The van der Waals surface area contributed by atoms with Crippen LogP contribution in [0.25, 0.3) is 0 Å². The maximum Gasteiger partial charge on any atom is 0.310 e. The van der Waals surface area contributed by atoms with E-state index in [4.69, 9.17) is 14.2 Å². The van der Waals surface area contributed by atoms with E-state index in [9.17, 15) is 4.79 Å². The molecular formula is C22H28O4. The molecule has 0 N–H and O–H groups in total. The number of rotatable bonds is 8. The minimum Gasteiger partial charge on any atom is -0.493 e. The molecule has 0 aromatic heterocycles. The molecule has 0 amide bonds. The lowest BCUT2D eigenvalue weighted by atomic mass is 10.0. The molecule has 2 rings (SSSR count). The summed E-state index contributed by atoms with van der Waals surface area (Å²) in [5.41, 5.74) is 4.35. The molecule has 26 heavy (non-hydrogen) atoms. The van der Waals surface area contributed by atoms with Crippen molar-refractivity contribution in [1.29, 1.82) is 0 Å². The smallest absolute Gasteiger partial charge is 0.310 e. The Morgan fingerprint density at radius 3 is 2.27 bits per heavy atom. The van der Waals surface area contributed by atoms with Crippen LogP contribution in [0, 0.1) is 13.8 Å². The Bertz CT molecular complexity index is 765. The zero-order valence-electron chi connectivity index (χ0n) is 16.3. The highest BCUT2D eigenvalue weighted by Crippen LogP contribution is 2.32. The molecule has 2 aromatic rings. The van der Waals surface area contributed by atoms with Gasteiger partial charge in [0.15, 0.2) is 0 Å². The van der Waals surface area contributed by atoms with Gasteiger partial charge in [0, 0.05) is 6.42 Å². The second kappa shape index (κ2) is 9.27. The van der Waals surface area contributed by atoms with E-state index in [1.807, 2.05) is 19.1 Å². The van der Waals surface area contributed by atoms with E-state index in [0.717, 1.165) is 23.3 Å². The normalized spacial score (nSPS) is 10.5. The third-order valence-corrected chi connectivity index (χ3v) is 4.33. The van der Waals surface area contributed by atoms with Crippen LogP contribution >= 0.6 is 0 Å². The predicted molar refractivity (Wildman–Crippen MR) is 103 cm³/mol. The van der Waals surface area contributed by atoms with Crippen LogP contribution in [-0.4, -0.2) is 12.6 Å². The Balaban J connectivity index is 2.33. The zero-order valence-corrected chi connectivity index (χ0v) is 16.3. The van der Waals surface area contributed by atoms with Gasteiger partial charge in [-0.15, -0.1) is 0 Å². The van der Waals surface area contributed by atoms with Gasteiger partial charge in [0.1, 0.15) is 23.9 Å². The SMILES string of the molecule is CCOc1cccc(OC(=O)CC)c1COc1cc(C)c(C)cc1CC. The fraction of sp³-hybridized carbons (Fsp3) is 0.409. The maximum atomic E-state index is 11.8. The largest absolute Gasteiger partial charge is 0.493 e. The molecule has 0 aliphatic carbocycles. The lowest BCUT2D eigenvalue weighted by Crippen LogP contribution is -2.10. The molecule has 0 saturated heterocycles. The molecule has 0 heterocycles. The van der Waals surface area contributed by atoms with Gasteiger partial charge in [0.2, 0.25) is 0 Å². The van der Waals surface area contributed by atoms with Crippen LogP contribution in [0.5, 0.6) is 17.2 Å². The molecule has 0 unspecified atom stereocenters. The molecule has 0 spiro atoms. The molecule has 140 valence electrons. The Morgan fingerprint density at radius 2 is 1.62 bits per heavy atom. The summed E-state index contributed by atoms with van der Waals surface area (Å²) in [6, 6.07) is 9.69. The fourth-order valence-corrected chi connectivity index (χ4v) is 2.68. The van der Waals surface area contributed by atoms with Crippen molar-refractivity contribution in [3.63, 3.8) is 0 Å².